The third-order valence-electron chi connectivity index (χ3n) is 3.37. The fourth-order valence-electron chi connectivity index (χ4n) is 2.31. The molecule has 0 saturated carbocycles. The highest BCUT2D eigenvalue weighted by Gasteiger charge is 2.18. The molecule has 0 spiro atoms. The van der Waals surface area contributed by atoms with E-state index < -0.39 is 0 Å². The molecule has 2 rings (SSSR count). The molecule has 1 aromatic heterocycles. The van der Waals surface area contributed by atoms with Crippen LogP contribution in [0.5, 0.6) is 5.75 Å². The van der Waals surface area contributed by atoms with Crippen LogP contribution in [0.2, 0.25) is 0 Å². The van der Waals surface area contributed by atoms with Crippen LogP contribution in [-0.2, 0) is 4.74 Å². The second-order valence-corrected chi connectivity index (χ2v) is 4.59. The molecule has 1 aromatic rings. The zero-order chi connectivity index (χ0) is 12.8. The van der Waals surface area contributed by atoms with Crippen molar-refractivity contribution in [1.82, 2.24) is 10.4 Å². The van der Waals surface area contributed by atoms with E-state index in [0.29, 0.717) is 6.10 Å². The lowest BCUT2D eigenvalue weighted by Crippen LogP contribution is -2.29. The third kappa shape index (κ3) is 3.41. The molecule has 3 N–H and O–H groups in total. The van der Waals surface area contributed by atoms with Gasteiger partial charge < -0.3 is 9.47 Å². The molecule has 0 aliphatic carbocycles. The summed E-state index contributed by atoms with van der Waals surface area (Å²) in [6.45, 7) is 0.895. The maximum atomic E-state index is 5.62. The SMILES string of the molecule is COc1cncc(C(CCC2CCCO2)NN)c1. The van der Waals surface area contributed by atoms with E-state index >= 15 is 0 Å². The summed E-state index contributed by atoms with van der Waals surface area (Å²) in [6, 6.07) is 2.06. The molecular weight excluding hydrogens is 230 g/mol. The molecule has 0 bridgehead atoms. The van der Waals surface area contributed by atoms with Gasteiger partial charge in [0.25, 0.3) is 0 Å². The fraction of sp³-hybridized carbons (Fsp3) is 0.615. The topological polar surface area (TPSA) is 69.4 Å². The van der Waals surface area contributed by atoms with Crippen LogP contribution in [0.3, 0.4) is 0 Å². The summed E-state index contributed by atoms with van der Waals surface area (Å²) in [7, 11) is 1.64. The van der Waals surface area contributed by atoms with Crippen LogP contribution in [-0.4, -0.2) is 24.8 Å². The summed E-state index contributed by atoms with van der Waals surface area (Å²) in [4.78, 5) is 4.15. The zero-order valence-electron chi connectivity index (χ0n) is 10.8. The molecule has 2 atom stereocenters. The molecule has 1 aliphatic heterocycles. The minimum atomic E-state index is 0.0943. The summed E-state index contributed by atoms with van der Waals surface area (Å²) in [6.07, 6.45) is 8.20. The highest BCUT2D eigenvalue weighted by Crippen LogP contribution is 2.24. The Morgan fingerprint density at radius 3 is 3.17 bits per heavy atom. The number of hydrazine groups is 1. The van der Waals surface area contributed by atoms with Crippen LogP contribution in [0.4, 0.5) is 0 Å². The first-order valence-corrected chi connectivity index (χ1v) is 6.40. The molecule has 18 heavy (non-hydrogen) atoms. The largest absolute Gasteiger partial charge is 0.495 e. The van der Waals surface area contributed by atoms with Crippen molar-refractivity contribution < 1.29 is 9.47 Å². The zero-order valence-corrected chi connectivity index (χ0v) is 10.8. The number of nitrogens with zero attached hydrogens (tertiary/aromatic N) is 1. The van der Waals surface area contributed by atoms with E-state index in [0.717, 1.165) is 37.2 Å². The lowest BCUT2D eigenvalue weighted by atomic mass is 10.0. The minimum Gasteiger partial charge on any atom is -0.495 e. The van der Waals surface area contributed by atoms with Crippen LogP contribution < -0.4 is 16.0 Å². The number of pyridine rings is 1. The summed E-state index contributed by atoms with van der Waals surface area (Å²) in [5.41, 5.74) is 3.89. The molecule has 1 aliphatic rings. The average molecular weight is 251 g/mol. The number of ether oxygens (including phenoxy) is 2. The molecule has 0 amide bonds. The van der Waals surface area contributed by atoms with Gasteiger partial charge in [-0.2, -0.15) is 0 Å². The predicted molar refractivity (Wildman–Crippen MR) is 69.1 cm³/mol. The lowest BCUT2D eigenvalue weighted by Gasteiger charge is -2.18. The van der Waals surface area contributed by atoms with Crippen molar-refractivity contribution in [3.63, 3.8) is 0 Å². The van der Waals surface area contributed by atoms with Crippen LogP contribution in [0.1, 0.15) is 37.3 Å². The quantitative estimate of drug-likeness (QED) is 0.593. The van der Waals surface area contributed by atoms with E-state index in [1.54, 1.807) is 13.3 Å². The van der Waals surface area contributed by atoms with E-state index in [4.69, 9.17) is 15.3 Å². The second kappa shape index (κ2) is 6.68. The van der Waals surface area contributed by atoms with Crippen molar-refractivity contribution in [3.8, 4) is 5.75 Å². The molecule has 0 radical (unpaired) electrons. The van der Waals surface area contributed by atoms with Gasteiger partial charge in [-0.25, -0.2) is 0 Å². The number of methoxy groups -OCH3 is 1. The molecule has 2 unspecified atom stereocenters. The summed E-state index contributed by atoms with van der Waals surface area (Å²) in [5.74, 6) is 6.38. The maximum Gasteiger partial charge on any atom is 0.137 e. The summed E-state index contributed by atoms with van der Waals surface area (Å²) in [5, 5.41) is 0. The summed E-state index contributed by atoms with van der Waals surface area (Å²) < 4.78 is 10.8. The Bertz CT molecular complexity index is 367. The summed E-state index contributed by atoms with van der Waals surface area (Å²) >= 11 is 0. The van der Waals surface area contributed by atoms with Crippen molar-refractivity contribution in [1.29, 1.82) is 0 Å². The van der Waals surface area contributed by atoms with Gasteiger partial charge in [0.1, 0.15) is 5.75 Å². The number of aromatic nitrogens is 1. The number of hydrogen-bond donors (Lipinski definition) is 2. The van der Waals surface area contributed by atoms with Crippen LogP contribution in [0.25, 0.3) is 0 Å². The number of nitrogens with one attached hydrogen (secondary N) is 1. The van der Waals surface area contributed by atoms with Gasteiger partial charge in [-0.3, -0.25) is 16.3 Å². The second-order valence-electron chi connectivity index (χ2n) is 4.59. The Hall–Kier alpha value is -1.17. The monoisotopic (exact) mass is 251 g/mol. The maximum absolute atomic E-state index is 5.62. The Morgan fingerprint density at radius 1 is 1.61 bits per heavy atom. The van der Waals surface area contributed by atoms with Crippen molar-refractivity contribution in [2.45, 2.75) is 37.8 Å². The van der Waals surface area contributed by atoms with E-state index in [2.05, 4.69) is 10.4 Å². The van der Waals surface area contributed by atoms with Crippen molar-refractivity contribution in [2.75, 3.05) is 13.7 Å². The van der Waals surface area contributed by atoms with Gasteiger partial charge in [-0.05, 0) is 37.3 Å². The van der Waals surface area contributed by atoms with E-state index in [9.17, 15) is 0 Å². The number of nitrogens with two attached hydrogens (primary N) is 1. The molecule has 1 fully saturated rings. The molecular formula is C13H21N3O2. The van der Waals surface area contributed by atoms with E-state index in [-0.39, 0.29) is 6.04 Å². The first-order valence-electron chi connectivity index (χ1n) is 6.40. The molecule has 5 heteroatoms. The van der Waals surface area contributed by atoms with Gasteiger partial charge in [0, 0.05) is 18.8 Å². The van der Waals surface area contributed by atoms with Gasteiger partial charge in [0.05, 0.1) is 19.4 Å². The van der Waals surface area contributed by atoms with Crippen molar-refractivity contribution >= 4 is 0 Å². The Kier molecular flexibility index (Phi) is 4.92. The van der Waals surface area contributed by atoms with Crippen LogP contribution in [0, 0.1) is 0 Å². The molecule has 0 aromatic carbocycles. The minimum absolute atomic E-state index is 0.0943. The third-order valence-corrected chi connectivity index (χ3v) is 3.37. The molecule has 100 valence electrons. The Morgan fingerprint density at radius 2 is 2.50 bits per heavy atom. The first-order chi connectivity index (χ1) is 8.83. The first kappa shape index (κ1) is 13.3. The molecule has 1 saturated heterocycles. The standard InChI is InChI=1S/C13H21N3O2/c1-17-12-7-10(8-15-9-12)13(16-14)5-4-11-3-2-6-18-11/h7-9,11,13,16H,2-6,14H2,1H3. The van der Waals surface area contributed by atoms with Crippen molar-refractivity contribution in [2.24, 2.45) is 5.84 Å². The molecule has 2 heterocycles. The van der Waals surface area contributed by atoms with Gasteiger partial charge >= 0.3 is 0 Å². The van der Waals surface area contributed by atoms with Gasteiger partial charge in [-0.1, -0.05) is 0 Å². The van der Waals surface area contributed by atoms with Crippen LogP contribution >= 0.6 is 0 Å². The van der Waals surface area contributed by atoms with Gasteiger partial charge in [0.15, 0.2) is 0 Å². The number of hydrogen-bond acceptors (Lipinski definition) is 5. The average Bonchev–Trinajstić information content (AvgIpc) is 2.93. The Balaban J connectivity index is 1.93. The highest BCUT2D eigenvalue weighted by atomic mass is 16.5. The molecule has 5 nitrogen and oxygen atoms in total. The van der Waals surface area contributed by atoms with Gasteiger partial charge in [-0.15, -0.1) is 0 Å². The van der Waals surface area contributed by atoms with Crippen molar-refractivity contribution in [3.05, 3.63) is 24.0 Å². The highest BCUT2D eigenvalue weighted by molar-refractivity contribution is 5.25. The fourth-order valence-corrected chi connectivity index (χ4v) is 2.31. The Labute approximate surface area is 108 Å². The smallest absolute Gasteiger partial charge is 0.137 e. The van der Waals surface area contributed by atoms with E-state index in [1.165, 1.54) is 6.42 Å². The predicted octanol–water partition coefficient (Wildman–Crippen LogP) is 1.55. The van der Waals surface area contributed by atoms with E-state index in [1.807, 2.05) is 12.3 Å². The van der Waals surface area contributed by atoms with Gasteiger partial charge in [0.2, 0.25) is 0 Å². The number of rotatable bonds is 6. The van der Waals surface area contributed by atoms with Crippen LogP contribution in [0.15, 0.2) is 18.5 Å². The normalized spacial score (nSPS) is 20.9. The lowest BCUT2D eigenvalue weighted by molar-refractivity contribution is 0.0996.